The lowest BCUT2D eigenvalue weighted by molar-refractivity contribution is 0.0666. The molecule has 0 spiro atoms. The lowest BCUT2D eigenvalue weighted by atomic mass is 9.80. The quantitative estimate of drug-likeness (QED) is 0.590. The molecule has 1 N–H and O–H groups in total. The van der Waals surface area contributed by atoms with E-state index in [1.165, 1.54) is 0 Å². The number of hydrogen-bond donors (Lipinski definition) is 1. The first-order valence-corrected chi connectivity index (χ1v) is 11.0. The van der Waals surface area contributed by atoms with Crippen LogP contribution in [0.1, 0.15) is 29.3 Å². The Morgan fingerprint density at radius 3 is 2.29 bits per heavy atom. The van der Waals surface area contributed by atoms with Gasteiger partial charge in [0.15, 0.2) is 5.78 Å². The van der Waals surface area contributed by atoms with Gasteiger partial charge in [0.2, 0.25) is 0 Å². The van der Waals surface area contributed by atoms with Gasteiger partial charge in [0.05, 0.1) is 25.4 Å². The minimum absolute atomic E-state index is 0.0137. The van der Waals surface area contributed by atoms with Crippen molar-refractivity contribution in [3.63, 3.8) is 0 Å². The highest BCUT2D eigenvalue weighted by molar-refractivity contribution is 6.03. The van der Waals surface area contributed by atoms with Gasteiger partial charge in [-0.05, 0) is 68.9 Å². The summed E-state index contributed by atoms with van der Waals surface area (Å²) in [4.78, 5) is 18.0. The Morgan fingerprint density at radius 1 is 1.10 bits per heavy atom. The Balaban J connectivity index is 1.79. The zero-order valence-electron chi connectivity index (χ0n) is 18.8. The van der Waals surface area contributed by atoms with Crippen LogP contribution in [0.15, 0.2) is 48.5 Å². The van der Waals surface area contributed by atoms with Crippen molar-refractivity contribution in [3.8, 4) is 5.75 Å². The van der Waals surface area contributed by atoms with Crippen LogP contribution in [-0.2, 0) is 11.2 Å². The fourth-order valence-electron chi connectivity index (χ4n) is 4.16. The summed E-state index contributed by atoms with van der Waals surface area (Å²) in [6.45, 7) is 5.56. The molecule has 6 nitrogen and oxygen atoms in total. The highest BCUT2D eigenvalue weighted by atomic mass is 16.5. The number of ketones is 1. The van der Waals surface area contributed by atoms with Crippen molar-refractivity contribution in [1.82, 2.24) is 4.90 Å². The summed E-state index contributed by atoms with van der Waals surface area (Å²) in [5.41, 5.74) is 2.31. The monoisotopic (exact) mass is 426 g/mol. The molecule has 1 atom stereocenters. The summed E-state index contributed by atoms with van der Waals surface area (Å²) in [6.07, 6.45) is 1.31. The number of benzene rings is 2. The van der Waals surface area contributed by atoms with Gasteiger partial charge in [0, 0.05) is 24.3 Å². The second-order valence-corrected chi connectivity index (χ2v) is 8.15. The van der Waals surface area contributed by atoms with E-state index in [9.17, 15) is 4.79 Å². The molecular weight excluding hydrogens is 392 g/mol. The van der Waals surface area contributed by atoms with Crippen molar-refractivity contribution in [3.05, 3.63) is 59.7 Å². The molecule has 3 rings (SSSR count). The number of ether oxygens (including phenoxy) is 2. The molecule has 2 aromatic rings. The number of carbonyl (C=O) groups is 1. The standard InChI is InChI=1S/C25H34N2O4/c1-4-25(26(2)3,19-20-5-11-23(12-6-20)31-18-15-28)24(29)21-7-9-22(10-8-21)27-13-16-30-17-14-27/h5-12,28H,4,13-19H2,1-3H3. The summed E-state index contributed by atoms with van der Waals surface area (Å²) in [5, 5.41) is 8.91. The Bertz CT molecular complexity index is 830. The van der Waals surface area contributed by atoms with Crippen LogP contribution < -0.4 is 9.64 Å². The van der Waals surface area contributed by atoms with Gasteiger partial charge in [-0.1, -0.05) is 19.1 Å². The minimum Gasteiger partial charge on any atom is -0.491 e. The summed E-state index contributed by atoms with van der Waals surface area (Å²) < 4.78 is 10.9. The van der Waals surface area contributed by atoms with Gasteiger partial charge in [0.25, 0.3) is 0 Å². The van der Waals surface area contributed by atoms with E-state index in [4.69, 9.17) is 14.6 Å². The number of likely N-dealkylation sites (N-methyl/N-ethyl adjacent to an activating group) is 1. The molecule has 2 aromatic carbocycles. The number of anilines is 1. The molecule has 0 amide bonds. The van der Waals surface area contributed by atoms with Crippen molar-refractivity contribution >= 4 is 11.5 Å². The molecule has 0 aliphatic carbocycles. The molecule has 1 aliphatic heterocycles. The molecule has 0 radical (unpaired) electrons. The number of hydrogen-bond acceptors (Lipinski definition) is 6. The van der Waals surface area contributed by atoms with Crippen LogP contribution in [0.2, 0.25) is 0 Å². The van der Waals surface area contributed by atoms with Crippen LogP contribution in [0.5, 0.6) is 5.75 Å². The second kappa shape index (κ2) is 10.8. The summed E-state index contributed by atoms with van der Waals surface area (Å²) in [6, 6.07) is 15.8. The first kappa shape index (κ1) is 23.3. The Labute approximate surface area is 185 Å². The number of carbonyl (C=O) groups excluding carboxylic acids is 1. The normalized spacial score (nSPS) is 16.2. The predicted molar refractivity (Wildman–Crippen MR) is 123 cm³/mol. The summed E-state index contributed by atoms with van der Waals surface area (Å²) in [5.74, 6) is 0.851. The average molecular weight is 427 g/mol. The second-order valence-electron chi connectivity index (χ2n) is 8.15. The van der Waals surface area contributed by atoms with E-state index in [2.05, 4.69) is 11.8 Å². The highest BCUT2D eigenvalue weighted by Crippen LogP contribution is 2.29. The zero-order chi connectivity index (χ0) is 22.3. The molecule has 1 saturated heterocycles. The molecule has 1 heterocycles. The summed E-state index contributed by atoms with van der Waals surface area (Å²) in [7, 11) is 3.95. The maximum Gasteiger partial charge on any atom is 0.183 e. The number of morpholine rings is 1. The number of rotatable bonds is 10. The fraction of sp³-hybridized carbons (Fsp3) is 0.480. The Morgan fingerprint density at radius 2 is 1.74 bits per heavy atom. The molecule has 31 heavy (non-hydrogen) atoms. The molecule has 0 saturated carbocycles. The molecule has 6 heteroatoms. The van der Waals surface area contributed by atoms with Crippen molar-refractivity contribution in [2.45, 2.75) is 25.3 Å². The van der Waals surface area contributed by atoms with Crippen LogP contribution in [0.4, 0.5) is 5.69 Å². The van der Waals surface area contributed by atoms with Crippen molar-refractivity contribution in [2.24, 2.45) is 0 Å². The third-order valence-corrected chi connectivity index (χ3v) is 6.15. The molecular formula is C25H34N2O4. The van der Waals surface area contributed by atoms with Crippen LogP contribution in [-0.4, -0.2) is 74.9 Å². The molecule has 1 fully saturated rings. The van der Waals surface area contributed by atoms with E-state index in [0.29, 0.717) is 12.8 Å². The first-order chi connectivity index (χ1) is 15.0. The number of nitrogens with zero attached hydrogens (tertiary/aromatic N) is 2. The van der Waals surface area contributed by atoms with E-state index in [1.54, 1.807) is 0 Å². The van der Waals surface area contributed by atoms with Gasteiger partial charge in [-0.2, -0.15) is 0 Å². The molecule has 0 bridgehead atoms. The van der Waals surface area contributed by atoms with Crippen LogP contribution >= 0.6 is 0 Å². The molecule has 1 aliphatic rings. The van der Waals surface area contributed by atoms with Gasteiger partial charge < -0.3 is 19.5 Å². The van der Waals surface area contributed by atoms with Gasteiger partial charge in [-0.25, -0.2) is 0 Å². The fourth-order valence-corrected chi connectivity index (χ4v) is 4.16. The van der Waals surface area contributed by atoms with E-state index in [0.717, 1.165) is 48.9 Å². The van der Waals surface area contributed by atoms with Crippen molar-refractivity contribution in [2.75, 3.05) is 58.5 Å². The summed E-state index contributed by atoms with van der Waals surface area (Å²) >= 11 is 0. The van der Waals surface area contributed by atoms with Gasteiger partial charge in [-0.15, -0.1) is 0 Å². The van der Waals surface area contributed by atoms with E-state index >= 15 is 0 Å². The smallest absolute Gasteiger partial charge is 0.183 e. The Kier molecular flexibility index (Phi) is 8.07. The number of aliphatic hydroxyl groups is 1. The van der Waals surface area contributed by atoms with E-state index < -0.39 is 5.54 Å². The van der Waals surface area contributed by atoms with Crippen molar-refractivity contribution in [1.29, 1.82) is 0 Å². The Hall–Kier alpha value is -2.41. The first-order valence-electron chi connectivity index (χ1n) is 11.0. The topological polar surface area (TPSA) is 62.2 Å². The highest BCUT2D eigenvalue weighted by Gasteiger charge is 2.39. The minimum atomic E-state index is -0.631. The SMILES string of the molecule is CCC(Cc1ccc(OCCO)cc1)(C(=O)c1ccc(N2CCOCC2)cc1)N(C)C. The molecule has 168 valence electrons. The number of aliphatic hydroxyl groups excluding tert-OH is 1. The van der Waals surface area contributed by atoms with Gasteiger partial charge in [-0.3, -0.25) is 9.69 Å². The van der Waals surface area contributed by atoms with Crippen LogP contribution in [0, 0.1) is 0 Å². The molecule has 1 unspecified atom stereocenters. The largest absolute Gasteiger partial charge is 0.491 e. The van der Waals surface area contributed by atoms with Crippen LogP contribution in [0.3, 0.4) is 0 Å². The zero-order valence-corrected chi connectivity index (χ0v) is 18.8. The van der Waals surface area contributed by atoms with Gasteiger partial charge in [0.1, 0.15) is 12.4 Å². The average Bonchev–Trinajstić information content (AvgIpc) is 2.82. The van der Waals surface area contributed by atoms with Gasteiger partial charge >= 0.3 is 0 Å². The third kappa shape index (κ3) is 5.45. The van der Waals surface area contributed by atoms with Crippen LogP contribution in [0.25, 0.3) is 0 Å². The third-order valence-electron chi connectivity index (χ3n) is 6.15. The maximum atomic E-state index is 13.7. The van der Waals surface area contributed by atoms with Crippen molar-refractivity contribution < 1.29 is 19.4 Å². The maximum absolute atomic E-state index is 13.7. The lowest BCUT2D eigenvalue weighted by Gasteiger charge is -2.38. The number of Topliss-reactive ketones (excluding diaryl/α,β-unsaturated/α-hetero) is 1. The van der Waals surface area contributed by atoms with E-state index in [1.807, 2.05) is 67.5 Å². The molecule has 0 aromatic heterocycles. The predicted octanol–water partition coefficient (Wildman–Crippen LogP) is 3.03. The lowest BCUT2D eigenvalue weighted by Crippen LogP contribution is -2.52. The van der Waals surface area contributed by atoms with E-state index in [-0.39, 0.29) is 19.0 Å².